The van der Waals surface area contributed by atoms with Crippen molar-refractivity contribution in [3.63, 3.8) is 0 Å². The van der Waals surface area contributed by atoms with Gasteiger partial charge in [0.15, 0.2) is 0 Å². The molecule has 0 saturated carbocycles. The van der Waals surface area contributed by atoms with Crippen LogP contribution < -0.4 is 0 Å². The molecule has 0 aliphatic carbocycles. The quantitative estimate of drug-likeness (QED) is 0.520. The first kappa shape index (κ1) is 9.45. The normalized spacial score (nSPS) is 10.2. The summed E-state index contributed by atoms with van der Waals surface area (Å²) >= 11 is 0. The van der Waals surface area contributed by atoms with Crippen LogP contribution in [-0.4, -0.2) is 17.6 Å². The van der Waals surface area contributed by atoms with Gasteiger partial charge in [0, 0.05) is 18.5 Å². The summed E-state index contributed by atoms with van der Waals surface area (Å²) in [6, 6.07) is 3.63. The first-order valence-electron chi connectivity index (χ1n) is 4.08. The lowest BCUT2D eigenvalue weighted by Gasteiger charge is -1.94. The fraction of sp³-hybridized carbons (Fsp3) is 0.200. The molecule has 0 bridgehead atoms. The van der Waals surface area contributed by atoms with Crippen molar-refractivity contribution < 1.29 is 9.53 Å². The molecule has 1 heterocycles. The molecule has 0 spiro atoms. The second-order valence-electron chi connectivity index (χ2n) is 2.37. The first-order valence-corrected chi connectivity index (χ1v) is 4.08. The Morgan fingerprint density at radius 2 is 2.23 bits per heavy atom. The van der Waals surface area contributed by atoms with Crippen molar-refractivity contribution in [1.29, 1.82) is 0 Å². The number of carbonyl (C=O) groups is 1. The molecule has 1 rings (SSSR count). The van der Waals surface area contributed by atoms with Crippen molar-refractivity contribution in [3.05, 3.63) is 36.2 Å². The van der Waals surface area contributed by atoms with Crippen LogP contribution >= 0.6 is 0 Å². The highest BCUT2D eigenvalue weighted by atomic mass is 16.5. The maximum Gasteiger partial charge on any atom is 0.330 e. The van der Waals surface area contributed by atoms with E-state index in [0.717, 1.165) is 5.56 Å². The van der Waals surface area contributed by atoms with Gasteiger partial charge in [-0.1, -0.05) is 0 Å². The molecule has 0 aromatic carbocycles. The van der Waals surface area contributed by atoms with E-state index >= 15 is 0 Å². The van der Waals surface area contributed by atoms with E-state index in [2.05, 4.69) is 4.98 Å². The molecule has 13 heavy (non-hydrogen) atoms. The Hall–Kier alpha value is -1.64. The van der Waals surface area contributed by atoms with Gasteiger partial charge in [-0.2, -0.15) is 0 Å². The van der Waals surface area contributed by atoms with E-state index in [-0.39, 0.29) is 5.97 Å². The van der Waals surface area contributed by atoms with Crippen LogP contribution in [0, 0.1) is 0 Å². The average Bonchev–Trinajstić information content (AvgIpc) is 2.17. The van der Waals surface area contributed by atoms with Crippen LogP contribution in [0.4, 0.5) is 0 Å². The molecule has 0 saturated heterocycles. The standard InChI is InChI=1S/C10H11NO2/c1-2-13-10(12)4-3-9-5-7-11-8-6-9/h3-8H,2H2,1H3/b4-3-. The van der Waals surface area contributed by atoms with Crippen molar-refractivity contribution in [2.45, 2.75) is 6.92 Å². The third kappa shape index (κ3) is 3.51. The summed E-state index contributed by atoms with van der Waals surface area (Å²) in [6.07, 6.45) is 6.44. The van der Waals surface area contributed by atoms with Gasteiger partial charge in [0.1, 0.15) is 0 Å². The lowest BCUT2D eigenvalue weighted by Crippen LogP contribution is -1.98. The minimum Gasteiger partial charge on any atom is -0.463 e. The van der Waals surface area contributed by atoms with Crippen molar-refractivity contribution >= 4 is 12.0 Å². The Labute approximate surface area is 77.1 Å². The molecular formula is C10H11NO2. The van der Waals surface area contributed by atoms with Crippen molar-refractivity contribution in [1.82, 2.24) is 4.98 Å². The Bertz CT molecular complexity index is 293. The summed E-state index contributed by atoms with van der Waals surface area (Å²) in [4.78, 5) is 14.8. The summed E-state index contributed by atoms with van der Waals surface area (Å²) in [5.74, 6) is -0.320. The van der Waals surface area contributed by atoms with E-state index in [1.807, 2.05) is 12.1 Å². The van der Waals surface area contributed by atoms with E-state index in [9.17, 15) is 4.79 Å². The molecule has 0 aliphatic heterocycles. The van der Waals surface area contributed by atoms with Gasteiger partial charge in [-0.05, 0) is 30.7 Å². The van der Waals surface area contributed by atoms with Gasteiger partial charge in [0.2, 0.25) is 0 Å². The average molecular weight is 177 g/mol. The number of carbonyl (C=O) groups excluding carboxylic acids is 1. The maximum absolute atomic E-state index is 10.9. The van der Waals surface area contributed by atoms with Crippen molar-refractivity contribution in [2.75, 3.05) is 6.61 Å². The SMILES string of the molecule is CCOC(=O)/C=C\c1ccncc1. The van der Waals surface area contributed by atoms with Gasteiger partial charge in [-0.25, -0.2) is 4.79 Å². The molecule has 0 radical (unpaired) electrons. The number of hydrogen-bond donors (Lipinski definition) is 0. The zero-order valence-corrected chi connectivity index (χ0v) is 7.43. The predicted molar refractivity (Wildman–Crippen MR) is 49.9 cm³/mol. The Morgan fingerprint density at radius 3 is 2.85 bits per heavy atom. The summed E-state index contributed by atoms with van der Waals surface area (Å²) in [7, 11) is 0. The Kier molecular flexibility index (Phi) is 3.70. The van der Waals surface area contributed by atoms with E-state index in [4.69, 9.17) is 4.74 Å². The van der Waals surface area contributed by atoms with Crippen LogP contribution in [0.1, 0.15) is 12.5 Å². The number of aromatic nitrogens is 1. The smallest absolute Gasteiger partial charge is 0.330 e. The van der Waals surface area contributed by atoms with Gasteiger partial charge in [-0.15, -0.1) is 0 Å². The second kappa shape index (κ2) is 5.09. The molecule has 0 unspecified atom stereocenters. The lowest BCUT2D eigenvalue weighted by atomic mass is 10.2. The minimum absolute atomic E-state index is 0.320. The van der Waals surface area contributed by atoms with Crippen LogP contribution in [0.15, 0.2) is 30.6 Å². The van der Waals surface area contributed by atoms with Crippen molar-refractivity contribution in [2.24, 2.45) is 0 Å². The first-order chi connectivity index (χ1) is 6.33. The summed E-state index contributed by atoms with van der Waals surface area (Å²) in [5.41, 5.74) is 0.933. The molecule has 1 aromatic rings. The van der Waals surface area contributed by atoms with Crippen LogP contribution in [0.2, 0.25) is 0 Å². The molecule has 0 amide bonds. The number of hydrogen-bond acceptors (Lipinski definition) is 3. The monoisotopic (exact) mass is 177 g/mol. The zero-order valence-electron chi connectivity index (χ0n) is 7.43. The molecule has 1 aromatic heterocycles. The molecule has 0 atom stereocenters. The van der Waals surface area contributed by atoms with Gasteiger partial charge in [0.05, 0.1) is 6.61 Å². The number of pyridine rings is 1. The largest absolute Gasteiger partial charge is 0.463 e. The summed E-state index contributed by atoms with van der Waals surface area (Å²) < 4.78 is 4.72. The Morgan fingerprint density at radius 1 is 1.54 bits per heavy atom. The number of esters is 1. The zero-order chi connectivity index (χ0) is 9.52. The number of nitrogens with zero attached hydrogens (tertiary/aromatic N) is 1. The van der Waals surface area contributed by atoms with Crippen LogP contribution in [-0.2, 0) is 9.53 Å². The van der Waals surface area contributed by atoms with Crippen molar-refractivity contribution in [3.8, 4) is 0 Å². The minimum atomic E-state index is -0.320. The lowest BCUT2D eigenvalue weighted by molar-refractivity contribution is -0.137. The molecule has 68 valence electrons. The summed E-state index contributed by atoms with van der Waals surface area (Å²) in [6.45, 7) is 2.18. The fourth-order valence-corrected chi connectivity index (χ4v) is 0.829. The predicted octanol–water partition coefficient (Wildman–Crippen LogP) is 1.66. The fourth-order valence-electron chi connectivity index (χ4n) is 0.829. The molecule has 0 N–H and O–H groups in total. The van der Waals surface area contributed by atoms with E-state index in [1.54, 1.807) is 25.4 Å². The number of ether oxygens (including phenoxy) is 1. The maximum atomic E-state index is 10.9. The third-order valence-electron chi connectivity index (χ3n) is 1.40. The van der Waals surface area contributed by atoms with Crippen LogP contribution in [0.25, 0.3) is 6.08 Å². The van der Waals surface area contributed by atoms with Gasteiger partial charge in [-0.3, -0.25) is 4.98 Å². The highest BCUT2D eigenvalue weighted by molar-refractivity contribution is 5.86. The van der Waals surface area contributed by atoms with E-state index < -0.39 is 0 Å². The summed E-state index contributed by atoms with van der Waals surface area (Å²) in [5, 5.41) is 0. The third-order valence-corrected chi connectivity index (χ3v) is 1.40. The van der Waals surface area contributed by atoms with Crippen LogP contribution in [0.5, 0.6) is 0 Å². The molecular weight excluding hydrogens is 166 g/mol. The van der Waals surface area contributed by atoms with Crippen LogP contribution in [0.3, 0.4) is 0 Å². The van der Waals surface area contributed by atoms with Gasteiger partial charge < -0.3 is 4.74 Å². The molecule has 0 aliphatic rings. The topological polar surface area (TPSA) is 39.2 Å². The molecule has 3 heteroatoms. The Balaban J connectivity index is 2.54. The number of rotatable bonds is 3. The van der Waals surface area contributed by atoms with Gasteiger partial charge >= 0.3 is 5.97 Å². The highest BCUT2D eigenvalue weighted by Gasteiger charge is 1.92. The molecule has 0 fully saturated rings. The van der Waals surface area contributed by atoms with E-state index in [1.165, 1.54) is 6.08 Å². The molecule has 3 nitrogen and oxygen atoms in total. The second-order valence-corrected chi connectivity index (χ2v) is 2.37. The van der Waals surface area contributed by atoms with E-state index in [0.29, 0.717) is 6.61 Å². The highest BCUT2D eigenvalue weighted by Crippen LogP contribution is 1.98. The van der Waals surface area contributed by atoms with Gasteiger partial charge in [0.25, 0.3) is 0 Å².